The van der Waals surface area contributed by atoms with Gasteiger partial charge in [0.25, 0.3) is 0 Å². The van der Waals surface area contributed by atoms with E-state index in [2.05, 4.69) is 10.6 Å². The largest absolute Gasteiger partial charge is 0.481 e. The van der Waals surface area contributed by atoms with Gasteiger partial charge in [0.15, 0.2) is 0 Å². The summed E-state index contributed by atoms with van der Waals surface area (Å²) in [5.74, 6) is -1.18. The Morgan fingerprint density at radius 1 is 1.35 bits per heavy atom. The molecule has 1 rings (SSSR count). The number of carbonyl (C=O) groups excluding carboxylic acids is 1. The van der Waals surface area contributed by atoms with Gasteiger partial charge in [0.1, 0.15) is 0 Å². The van der Waals surface area contributed by atoms with Gasteiger partial charge < -0.3 is 15.7 Å². The van der Waals surface area contributed by atoms with Crippen LogP contribution in [0.25, 0.3) is 0 Å². The molecule has 0 aliphatic rings. The standard InChI is InChI=1S/C14H20N2O3S/c1-10(13(17)18)6-5-9-15-14(19)16-11-7-3-4-8-12(11)20-2/h3-4,7-8,10H,5-6,9H2,1-2H3,(H,17,18)(H2,15,16,19). The van der Waals surface area contributed by atoms with E-state index in [1.807, 2.05) is 30.5 Å². The minimum absolute atomic E-state index is 0.269. The topological polar surface area (TPSA) is 78.4 Å². The number of carboxylic acid groups (broad SMARTS) is 1. The highest BCUT2D eigenvalue weighted by Crippen LogP contribution is 2.24. The predicted octanol–water partition coefficient (Wildman–Crippen LogP) is 3.03. The summed E-state index contributed by atoms with van der Waals surface area (Å²) >= 11 is 1.57. The quantitative estimate of drug-likeness (QED) is 0.534. The number of rotatable bonds is 7. The fraction of sp³-hybridized carbons (Fsp3) is 0.429. The molecule has 6 heteroatoms. The molecule has 5 nitrogen and oxygen atoms in total. The fourth-order valence-corrected chi connectivity index (χ4v) is 2.20. The Morgan fingerprint density at radius 3 is 2.70 bits per heavy atom. The average Bonchev–Trinajstić information content (AvgIpc) is 2.43. The Labute approximate surface area is 123 Å². The molecule has 1 aromatic rings. The molecule has 0 heterocycles. The lowest BCUT2D eigenvalue weighted by Crippen LogP contribution is -2.30. The van der Waals surface area contributed by atoms with Crippen molar-refractivity contribution in [3.63, 3.8) is 0 Å². The van der Waals surface area contributed by atoms with Gasteiger partial charge in [0.05, 0.1) is 11.6 Å². The van der Waals surface area contributed by atoms with Crippen LogP contribution in [0.2, 0.25) is 0 Å². The molecule has 110 valence electrons. The van der Waals surface area contributed by atoms with Gasteiger partial charge in [-0.1, -0.05) is 19.1 Å². The van der Waals surface area contributed by atoms with Crippen molar-refractivity contribution in [3.8, 4) is 0 Å². The van der Waals surface area contributed by atoms with Crippen LogP contribution in [0.5, 0.6) is 0 Å². The molecule has 0 aliphatic carbocycles. The second kappa shape index (κ2) is 8.47. The van der Waals surface area contributed by atoms with E-state index in [1.165, 1.54) is 0 Å². The van der Waals surface area contributed by atoms with Crippen molar-refractivity contribution in [2.24, 2.45) is 5.92 Å². The first-order chi connectivity index (χ1) is 9.54. The van der Waals surface area contributed by atoms with Gasteiger partial charge in [-0.25, -0.2) is 4.79 Å². The molecule has 1 aromatic carbocycles. The smallest absolute Gasteiger partial charge is 0.319 e. The number of hydrogen-bond donors (Lipinski definition) is 3. The van der Waals surface area contributed by atoms with E-state index in [1.54, 1.807) is 18.7 Å². The van der Waals surface area contributed by atoms with Gasteiger partial charge in [-0.05, 0) is 31.2 Å². The van der Waals surface area contributed by atoms with Gasteiger partial charge in [-0.3, -0.25) is 4.79 Å². The maximum absolute atomic E-state index is 11.7. The van der Waals surface area contributed by atoms with Gasteiger partial charge in [-0.15, -0.1) is 11.8 Å². The lowest BCUT2D eigenvalue weighted by atomic mass is 10.1. The highest BCUT2D eigenvalue weighted by atomic mass is 32.2. The molecule has 0 saturated carbocycles. The molecular weight excluding hydrogens is 276 g/mol. The van der Waals surface area contributed by atoms with Crippen LogP contribution in [0.3, 0.4) is 0 Å². The lowest BCUT2D eigenvalue weighted by molar-refractivity contribution is -0.141. The highest BCUT2D eigenvalue weighted by molar-refractivity contribution is 7.98. The number of nitrogens with one attached hydrogen (secondary N) is 2. The molecule has 1 atom stereocenters. The first-order valence-electron chi connectivity index (χ1n) is 6.45. The van der Waals surface area contributed by atoms with Crippen LogP contribution < -0.4 is 10.6 Å². The van der Waals surface area contributed by atoms with Gasteiger partial charge in [-0.2, -0.15) is 0 Å². The van der Waals surface area contributed by atoms with E-state index in [4.69, 9.17) is 5.11 Å². The number of hydrogen-bond acceptors (Lipinski definition) is 3. The lowest BCUT2D eigenvalue weighted by Gasteiger charge is -2.11. The zero-order valence-corrected chi connectivity index (χ0v) is 12.5. The van der Waals surface area contributed by atoms with Crippen LogP contribution >= 0.6 is 11.8 Å². The Balaban J connectivity index is 2.32. The number of urea groups is 1. The summed E-state index contributed by atoms with van der Waals surface area (Å²) in [7, 11) is 0. The van der Waals surface area contributed by atoms with E-state index in [0.29, 0.717) is 19.4 Å². The van der Waals surface area contributed by atoms with Crippen molar-refractivity contribution in [1.82, 2.24) is 5.32 Å². The Hall–Kier alpha value is -1.69. The third-order valence-electron chi connectivity index (χ3n) is 2.88. The second-order valence-electron chi connectivity index (χ2n) is 4.46. The van der Waals surface area contributed by atoms with Crippen LogP contribution in [-0.2, 0) is 4.79 Å². The molecule has 2 amide bonds. The molecule has 0 aliphatic heterocycles. The third-order valence-corrected chi connectivity index (χ3v) is 3.67. The molecule has 0 bridgehead atoms. The van der Waals surface area contributed by atoms with Crippen molar-refractivity contribution in [3.05, 3.63) is 24.3 Å². The number of aliphatic carboxylic acids is 1. The molecule has 0 aromatic heterocycles. The Morgan fingerprint density at radius 2 is 2.05 bits per heavy atom. The number of anilines is 1. The average molecular weight is 296 g/mol. The highest BCUT2D eigenvalue weighted by Gasteiger charge is 2.10. The van der Waals surface area contributed by atoms with Crippen molar-refractivity contribution >= 4 is 29.4 Å². The van der Waals surface area contributed by atoms with Crippen molar-refractivity contribution in [1.29, 1.82) is 0 Å². The van der Waals surface area contributed by atoms with E-state index in [9.17, 15) is 9.59 Å². The Kier molecular flexibility index (Phi) is 6.93. The van der Waals surface area contributed by atoms with Crippen molar-refractivity contribution in [2.45, 2.75) is 24.7 Å². The van der Waals surface area contributed by atoms with Crippen LogP contribution in [0.15, 0.2) is 29.2 Å². The van der Waals surface area contributed by atoms with E-state index < -0.39 is 5.97 Å². The van der Waals surface area contributed by atoms with Gasteiger partial charge in [0.2, 0.25) is 0 Å². The first-order valence-corrected chi connectivity index (χ1v) is 7.67. The molecule has 0 spiro atoms. The summed E-state index contributed by atoms with van der Waals surface area (Å²) in [5.41, 5.74) is 0.774. The molecule has 0 fully saturated rings. The van der Waals surface area contributed by atoms with Gasteiger partial charge in [0, 0.05) is 11.4 Å². The maximum atomic E-state index is 11.7. The van der Waals surface area contributed by atoms with E-state index >= 15 is 0 Å². The molecule has 0 radical (unpaired) electrons. The summed E-state index contributed by atoms with van der Waals surface area (Å²) in [5, 5.41) is 14.3. The predicted molar refractivity (Wildman–Crippen MR) is 81.3 cm³/mol. The minimum atomic E-state index is -0.802. The summed E-state index contributed by atoms with van der Waals surface area (Å²) in [6.07, 6.45) is 3.15. The van der Waals surface area contributed by atoms with E-state index in [-0.39, 0.29) is 11.9 Å². The zero-order valence-electron chi connectivity index (χ0n) is 11.7. The maximum Gasteiger partial charge on any atom is 0.319 e. The number of thioether (sulfide) groups is 1. The van der Waals surface area contributed by atoms with Crippen LogP contribution in [-0.4, -0.2) is 29.9 Å². The number of carbonyl (C=O) groups is 2. The SMILES string of the molecule is CSc1ccccc1NC(=O)NCCCC(C)C(=O)O. The first kappa shape index (κ1) is 16.4. The summed E-state index contributed by atoms with van der Waals surface area (Å²) in [6.45, 7) is 2.13. The molecule has 3 N–H and O–H groups in total. The third kappa shape index (κ3) is 5.52. The monoisotopic (exact) mass is 296 g/mol. The number of amides is 2. The Bertz CT molecular complexity index is 465. The molecule has 20 heavy (non-hydrogen) atoms. The molecule has 1 unspecified atom stereocenters. The fourth-order valence-electron chi connectivity index (χ4n) is 1.65. The molecular formula is C14H20N2O3S. The van der Waals surface area contributed by atoms with Gasteiger partial charge >= 0.3 is 12.0 Å². The van der Waals surface area contributed by atoms with E-state index in [0.717, 1.165) is 10.6 Å². The number of carboxylic acids is 1. The minimum Gasteiger partial charge on any atom is -0.481 e. The van der Waals surface area contributed by atoms with Crippen LogP contribution in [0, 0.1) is 5.92 Å². The second-order valence-corrected chi connectivity index (χ2v) is 5.31. The number of benzene rings is 1. The number of para-hydroxylation sites is 1. The van der Waals surface area contributed by atoms with Crippen molar-refractivity contribution < 1.29 is 14.7 Å². The summed E-state index contributed by atoms with van der Waals surface area (Å²) < 4.78 is 0. The zero-order chi connectivity index (χ0) is 15.0. The van der Waals surface area contributed by atoms with Crippen LogP contribution in [0.1, 0.15) is 19.8 Å². The van der Waals surface area contributed by atoms with Crippen LogP contribution in [0.4, 0.5) is 10.5 Å². The molecule has 0 saturated heterocycles. The summed E-state index contributed by atoms with van der Waals surface area (Å²) in [4.78, 5) is 23.4. The summed E-state index contributed by atoms with van der Waals surface area (Å²) in [6, 6.07) is 7.30. The normalized spacial score (nSPS) is 11.7. The van der Waals surface area contributed by atoms with Crippen molar-refractivity contribution in [2.75, 3.05) is 18.1 Å².